The highest BCUT2D eigenvalue weighted by molar-refractivity contribution is 7.89. The maximum Gasteiger partial charge on any atom is 0.442 e. The van der Waals surface area contributed by atoms with Crippen molar-refractivity contribution in [3.8, 4) is 0 Å². The van der Waals surface area contributed by atoms with E-state index in [-0.39, 0.29) is 0 Å². The van der Waals surface area contributed by atoms with E-state index < -0.39 is 21.4 Å². The van der Waals surface area contributed by atoms with E-state index >= 15 is 0 Å². The summed E-state index contributed by atoms with van der Waals surface area (Å²) in [5.74, 6) is 0. The molecule has 0 aromatic carbocycles. The third kappa shape index (κ3) is 5.82. The van der Waals surface area contributed by atoms with Crippen LogP contribution in [0.5, 0.6) is 0 Å². The molecule has 0 atom stereocenters. The quantitative estimate of drug-likeness (QED) is 0.482. The first-order valence-electron chi connectivity index (χ1n) is 1.21. The lowest BCUT2D eigenvalue weighted by Gasteiger charge is -1.79. The van der Waals surface area contributed by atoms with E-state index in [2.05, 4.69) is 3.63 Å². The van der Waals surface area contributed by atoms with Crippen molar-refractivity contribution >= 4 is 21.4 Å². The molecule has 0 bridgehead atoms. The molecule has 0 fully saturated rings. The van der Waals surface area contributed by atoms with Gasteiger partial charge in [-0.1, -0.05) is 4.55 Å². The lowest BCUT2D eigenvalue weighted by Crippen LogP contribution is -1.98. The molecule has 0 unspecified atom stereocenters. The van der Waals surface area contributed by atoms with Gasteiger partial charge in [-0.05, 0) is 0 Å². The molecule has 0 aromatic rings. The number of thiol groups is 1. The van der Waals surface area contributed by atoms with Crippen LogP contribution in [0.4, 0.5) is 0 Å². The summed E-state index contributed by atoms with van der Waals surface area (Å²) in [6.07, 6.45) is 0. The standard InChI is InChI=1S/HO6S2/c1-7(2)6-8(3,4)5/h7H. The molecular weight excluding hydrogens is 160 g/mol. The topological polar surface area (TPSA) is 97.4 Å². The van der Waals surface area contributed by atoms with E-state index in [0.717, 1.165) is 0 Å². The van der Waals surface area contributed by atoms with Crippen LogP contribution < -0.4 is 0 Å². The Balaban J connectivity index is 4.16. The summed E-state index contributed by atoms with van der Waals surface area (Å²) in [7, 11) is -8.66. The van der Waals surface area contributed by atoms with Crippen molar-refractivity contribution in [1.29, 1.82) is 0 Å². The smallest absolute Gasteiger partial charge is 0.201 e. The van der Waals surface area contributed by atoms with Crippen LogP contribution >= 0.6 is 0 Å². The lowest BCUT2D eigenvalue weighted by molar-refractivity contribution is 0.342. The molecule has 8 heteroatoms. The fourth-order valence-electron chi connectivity index (χ4n) is 0.0745. The summed E-state index contributed by atoms with van der Waals surface area (Å²) in [4.78, 5) is 0. The van der Waals surface area contributed by atoms with Gasteiger partial charge in [0, 0.05) is 0 Å². The maximum atomic E-state index is 9.28. The minimum Gasteiger partial charge on any atom is -0.201 e. The van der Waals surface area contributed by atoms with Crippen molar-refractivity contribution in [2.24, 2.45) is 0 Å². The molecule has 1 radical (unpaired) electrons. The summed E-state index contributed by atoms with van der Waals surface area (Å²) in [5.41, 5.74) is 0. The van der Waals surface area contributed by atoms with E-state index in [9.17, 15) is 21.4 Å². The number of hydrogen-bond acceptors (Lipinski definition) is 5. The van der Waals surface area contributed by atoms with Gasteiger partial charge in [-0.3, -0.25) is 0 Å². The van der Waals surface area contributed by atoms with Crippen molar-refractivity contribution in [3.05, 3.63) is 0 Å². The first-order chi connectivity index (χ1) is 3.42. The Bertz CT molecular complexity index is 207. The normalized spacial score (nSPS) is 12.2. The second kappa shape index (κ2) is 2.40. The van der Waals surface area contributed by atoms with Gasteiger partial charge in [0.05, 0.1) is 0 Å². The number of rotatable bonds is 2. The predicted molar refractivity (Wildman–Crippen MR) is 21.0 cm³/mol. The molecule has 0 heterocycles. The molecule has 0 aliphatic rings. The molecule has 0 amide bonds. The van der Waals surface area contributed by atoms with Crippen LogP contribution in [0.2, 0.25) is 0 Å². The minimum atomic E-state index is -5.07. The van der Waals surface area contributed by atoms with Crippen LogP contribution in [0.25, 0.3) is 0 Å². The van der Waals surface area contributed by atoms with Crippen LogP contribution in [0, 0.1) is 0 Å². The zero-order valence-corrected chi connectivity index (χ0v) is 5.02. The Morgan fingerprint density at radius 2 is 1.62 bits per heavy atom. The highest BCUT2D eigenvalue weighted by atomic mass is 32.3. The summed E-state index contributed by atoms with van der Waals surface area (Å²) < 4.78 is 49.1. The van der Waals surface area contributed by atoms with Crippen LogP contribution in [0.15, 0.2) is 0 Å². The van der Waals surface area contributed by atoms with E-state index in [0.29, 0.717) is 0 Å². The van der Waals surface area contributed by atoms with E-state index in [1.807, 2.05) is 0 Å². The van der Waals surface area contributed by atoms with Crippen LogP contribution in [0.3, 0.4) is 0 Å². The van der Waals surface area contributed by atoms with Gasteiger partial charge in [0.1, 0.15) is 0 Å². The minimum absolute atomic E-state index is 2.81. The van der Waals surface area contributed by atoms with Crippen molar-refractivity contribution in [2.45, 2.75) is 0 Å². The largest absolute Gasteiger partial charge is 0.442 e. The van der Waals surface area contributed by atoms with Crippen molar-refractivity contribution in [3.63, 3.8) is 0 Å². The molecule has 0 aliphatic carbocycles. The third-order valence-corrected chi connectivity index (χ3v) is 1.37. The van der Waals surface area contributed by atoms with Gasteiger partial charge in [-0.2, -0.15) is 8.42 Å². The molecule has 0 aromatic heterocycles. The van der Waals surface area contributed by atoms with Gasteiger partial charge in [-0.25, -0.2) is 8.42 Å². The number of hydrogen-bond donors (Lipinski definition) is 1. The molecule has 0 spiro atoms. The molecule has 0 aliphatic heterocycles. The van der Waals surface area contributed by atoms with Crippen molar-refractivity contribution in [2.75, 3.05) is 0 Å². The van der Waals surface area contributed by atoms with Gasteiger partial charge in [0.15, 0.2) is 0 Å². The third-order valence-electron chi connectivity index (χ3n) is 0.152. The fourth-order valence-corrected chi connectivity index (χ4v) is 0.671. The summed E-state index contributed by atoms with van der Waals surface area (Å²) >= 11 is 0. The Morgan fingerprint density at radius 3 is 1.62 bits per heavy atom. The Labute approximate surface area is 47.2 Å². The zero-order chi connectivity index (χ0) is 6.78. The zero-order valence-electron chi connectivity index (χ0n) is 3.30. The molecule has 0 rings (SSSR count). The van der Waals surface area contributed by atoms with Gasteiger partial charge < -0.3 is 0 Å². The van der Waals surface area contributed by atoms with Crippen LogP contribution in [-0.2, 0) is 29.6 Å². The molecule has 6 nitrogen and oxygen atoms in total. The monoisotopic (exact) mass is 161 g/mol. The highest BCUT2D eigenvalue weighted by Gasteiger charge is 2.06. The Morgan fingerprint density at radius 1 is 1.25 bits per heavy atom. The lowest BCUT2D eigenvalue weighted by atomic mass is 15.8. The SMILES string of the molecule is [O]S(=O)(=O)O[SH](=O)=O. The second-order valence-electron chi connectivity index (χ2n) is 0.706. The van der Waals surface area contributed by atoms with E-state index in [4.69, 9.17) is 0 Å². The molecular formula is HO6S2. The van der Waals surface area contributed by atoms with E-state index in [1.165, 1.54) is 0 Å². The molecule has 0 N–H and O–H groups in total. The summed E-state index contributed by atoms with van der Waals surface area (Å²) in [5, 5.41) is 0. The average Bonchev–Trinajstić information content (AvgIpc) is 1.21. The molecule has 8 heavy (non-hydrogen) atoms. The van der Waals surface area contributed by atoms with Gasteiger partial charge in [0.25, 0.3) is 11.0 Å². The van der Waals surface area contributed by atoms with Crippen molar-refractivity contribution in [1.82, 2.24) is 0 Å². The van der Waals surface area contributed by atoms with Gasteiger partial charge in [-0.15, -0.1) is 3.63 Å². The molecule has 49 valence electrons. The van der Waals surface area contributed by atoms with E-state index in [1.54, 1.807) is 0 Å². The first kappa shape index (κ1) is 7.82. The van der Waals surface area contributed by atoms with Gasteiger partial charge in [0.2, 0.25) is 0 Å². The maximum absolute atomic E-state index is 9.28. The van der Waals surface area contributed by atoms with Crippen LogP contribution in [0.1, 0.15) is 0 Å². The Hall–Kier alpha value is -0.180. The second-order valence-corrected chi connectivity index (χ2v) is 2.57. The molecule has 0 saturated heterocycles. The van der Waals surface area contributed by atoms with Gasteiger partial charge >= 0.3 is 10.4 Å². The summed E-state index contributed by atoms with van der Waals surface area (Å²) in [6, 6.07) is 0. The Kier molecular flexibility index (Phi) is 2.34. The van der Waals surface area contributed by atoms with Crippen LogP contribution in [-0.4, -0.2) is 16.8 Å². The fraction of sp³-hybridized carbons (Fsp3) is 0. The predicted octanol–water partition coefficient (Wildman–Crippen LogP) is -1.80. The summed E-state index contributed by atoms with van der Waals surface area (Å²) in [6.45, 7) is 0. The van der Waals surface area contributed by atoms with Crippen molar-refractivity contribution < 1.29 is 25.0 Å². The highest BCUT2D eigenvalue weighted by Crippen LogP contribution is 1.83. The average molecular weight is 161 g/mol. The first-order valence-corrected chi connectivity index (χ1v) is 3.64. The molecule has 0 saturated carbocycles.